The number of rotatable bonds is 5. The topological polar surface area (TPSA) is 54.7 Å². The van der Waals surface area contributed by atoms with Crippen LogP contribution in [-0.2, 0) is 20.0 Å². The lowest BCUT2D eigenvalue weighted by Crippen LogP contribution is -2.50. The molecule has 0 atom stereocenters. The number of fused-ring (bicyclic) bond motifs is 3. The molecule has 1 N–H and O–H groups in total. The second-order valence-corrected chi connectivity index (χ2v) is 14.4. The Bertz CT molecular complexity index is 864. The van der Waals surface area contributed by atoms with Gasteiger partial charge in [0.25, 0.3) is 8.32 Å². The summed E-state index contributed by atoms with van der Waals surface area (Å²) in [6, 6.07) is 6.42. The highest BCUT2D eigenvalue weighted by Crippen LogP contribution is 2.43. The molecular weight excluding hydrogens is 368 g/mol. The summed E-state index contributed by atoms with van der Waals surface area (Å²) in [6.07, 6.45) is -0.0923. The zero-order valence-electron chi connectivity index (χ0n) is 18.2. The van der Waals surface area contributed by atoms with Gasteiger partial charge in [-0.05, 0) is 46.8 Å². The molecule has 1 aromatic heterocycles. The lowest BCUT2D eigenvalue weighted by molar-refractivity contribution is 0.139. The van der Waals surface area contributed by atoms with Crippen LogP contribution in [0.2, 0.25) is 16.6 Å². The molecule has 5 nitrogen and oxygen atoms in total. The number of hydrogen-bond acceptors (Lipinski definition) is 2. The van der Waals surface area contributed by atoms with Crippen molar-refractivity contribution in [1.82, 2.24) is 9.47 Å². The first-order chi connectivity index (χ1) is 13.1. The van der Waals surface area contributed by atoms with Gasteiger partial charge in [0.1, 0.15) is 5.75 Å². The molecule has 6 heteroatoms. The Morgan fingerprint density at radius 1 is 1.11 bits per heavy atom. The van der Waals surface area contributed by atoms with Crippen LogP contribution >= 0.6 is 0 Å². The Balaban J connectivity index is 2.05. The van der Waals surface area contributed by atoms with Crippen molar-refractivity contribution in [2.75, 3.05) is 6.54 Å². The maximum atomic E-state index is 11.4. The zero-order chi connectivity index (χ0) is 20.8. The van der Waals surface area contributed by atoms with Crippen molar-refractivity contribution in [3.05, 3.63) is 29.5 Å². The van der Waals surface area contributed by atoms with Crippen LogP contribution in [0.4, 0.5) is 4.79 Å². The van der Waals surface area contributed by atoms with Gasteiger partial charge in [0, 0.05) is 30.2 Å². The smallest absolute Gasteiger partial charge is 0.407 e. The zero-order valence-corrected chi connectivity index (χ0v) is 19.2. The van der Waals surface area contributed by atoms with Crippen LogP contribution in [-0.4, -0.2) is 35.5 Å². The summed E-state index contributed by atoms with van der Waals surface area (Å²) in [7, 11) is 0.0271. The predicted octanol–water partition coefficient (Wildman–Crippen LogP) is 5.77. The van der Waals surface area contributed by atoms with E-state index in [4.69, 9.17) is 4.43 Å². The summed E-state index contributed by atoms with van der Waals surface area (Å²) < 4.78 is 9.02. The average molecular weight is 403 g/mol. The van der Waals surface area contributed by atoms with E-state index in [1.54, 1.807) is 0 Å². The molecule has 154 valence electrons. The maximum absolute atomic E-state index is 11.4. The number of carboxylic acid groups (broad SMARTS) is 1. The summed E-state index contributed by atoms with van der Waals surface area (Å²) in [5, 5.41) is 10.6. The van der Waals surface area contributed by atoms with Crippen LogP contribution in [0.15, 0.2) is 18.2 Å². The van der Waals surface area contributed by atoms with Gasteiger partial charge in [0.2, 0.25) is 0 Å². The minimum absolute atomic E-state index is 0.453. The normalized spacial score (nSPS) is 15.0. The highest BCUT2D eigenvalue weighted by Gasteiger charge is 2.47. The minimum atomic E-state index is -2.00. The summed E-state index contributed by atoms with van der Waals surface area (Å²) in [4.78, 5) is 12.9. The van der Waals surface area contributed by atoms with Gasteiger partial charge in [0.15, 0.2) is 0 Å². The average Bonchev–Trinajstić information content (AvgIpc) is 2.90. The van der Waals surface area contributed by atoms with E-state index in [1.165, 1.54) is 15.8 Å². The molecule has 0 radical (unpaired) electrons. The van der Waals surface area contributed by atoms with Crippen molar-refractivity contribution < 1.29 is 14.3 Å². The lowest BCUT2D eigenvalue weighted by Gasteiger charge is -2.42. The molecule has 1 aliphatic heterocycles. The first kappa shape index (κ1) is 20.8. The Hall–Kier alpha value is -1.95. The number of aryl methyl sites for hydroxylation is 1. The van der Waals surface area contributed by atoms with E-state index >= 15 is 0 Å². The number of nitrogens with zero attached hydrogens (tertiary/aromatic N) is 2. The third-order valence-electron chi connectivity index (χ3n) is 6.65. The first-order valence-corrected chi connectivity index (χ1v) is 12.5. The highest BCUT2D eigenvalue weighted by molar-refractivity contribution is 6.78. The number of benzene rings is 1. The molecule has 0 unspecified atom stereocenters. The summed E-state index contributed by atoms with van der Waals surface area (Å²) >= 11 is 0. The van der Waals surface area contributed by atoms with E-state index in [0.29, 0.717) is 29.7 Å². The quantitative estimate of drug-likeness (QED) is 0.646. The molecule has 2 heterocycles. The maximum Gasteiger partial charge on any atom is 0.407 e. The molecule has 0 aliphatic carbocycles. The predicted molar refractivity (Wildman–Crippen MR) is 117 cm³/mol. The van der Waals surface area contributed by atoms with Gasteiger partial charge in [-0.15, -0.1) is 0 Å². The standard InChI is InChI=1S/C22H34N2O3Si/c1-14(2)28(15(3)4,16(5)6)27-17-8-9-20-19(12-17)18-10-11-24(22(25)26)13-21(18)23(20)7/h8-9,12,14-16H,10-11,13H2,1-7H3,(H,25,26). The molecule has 28 heavy (non-hydrogen) atoms. The second-order valence-electron chi connectivity index (χ2n) is 9.04. The SMILES string of the molecule is CC(C)[Si](Oc1ccc2c(c1)c1c(n2C)CN(C(=O)O)CC1)(C(C)C)C(C)C. The molecule has 0 fully saturated rings. The third-order valence-corrected chi connectivity index (χ3v) is 12.7. The van der Waals surface area contributed by atoms with E-state index in [0.717, 1.165) is 23.4 Å². The first-order valence-electron chi connectivity index (χ1n) is 10.4. The monoisotopic (exact) mass is 402 g/mol. The molecule has 3 rings (SSSR count). The van der Waals surface area contributed by atoms with Gasteiger partial charge in [-0.3, -0.25) is 0 Å². The van der Waals surface area contributed by atoms with E-state index in [9.17, 15) is 9.90 Å². The van der Waals surface area contributed by atoms with Gasteiger partial charge < -0.3 is 19.0 Å². The summed E-state index contributed by atoms with van der Waals surface area (Å²) in [5.74, 6) is 0.962. The van der Waals surface area contributed by atoms with Crippen molar-refractivity contribution in [2.45, 2.75) is 71.1 Å². The highest BCUT2D eigenvalue weighted by atomic mass is 28.4. The third kappa shape index (κ3) is 3.21. The van der Waals surface area contributed by atoms with Gasteiger partial charge in [-0.2, -0.15) is 0 Å². The van der Waals surface area contributed by atoms with E-state index in [-0.39, 0.29) is 0 Å². The fraction of sp³-hybridized carbons (Fsp3) is 0.591. The molecule has 0 saturated carbocycles. The van der Waals surface area contributed by atoms with Crippen LogP contribution < -0.4 is 4.43 Å². The number of amides is 1. The van der Waals surface area contributed by atoms with E-state index in [2.05, 4.69) is 64.3 Å². The Morgan fingerprint density at radius 2 is 1.71 bits per heavy atom. The van der Waals surface area contributed by atoms with E-state index < -0.39 is 14.4 Å². The van der Waals surface area contributed by atoms with Crippen molar-refractivity contribution in [3.8, 4) is 5.75 Å². The van der Waals surface area contributed by atoms with Crippen LogP contribution in [0.3, 0.4) is 0 Å². The van der Waals surface area contributed by atoms with Crippen molar-refractivity contribution in [3.63, 3.8) is 0 Å². The Kier molecular flexibility index (Phi) is 5.54. The van der Waals surface area contributed by atoms with Gasteiger partial charge in [-0.25, -0.2) is 4.79 Å². The number of aromatic nitrogens is 1. The Morgan fingerprint density at radius 3 is 2.25 bits per heavy atom. The molecular formula is C22H34N2O3Si. The minimum Gasteiger partial charge on any atom is -0.543 e. The molecule has 1 amide bonds. The molecule has 1 aliphatic rings. The molecule has 0 saturated heterocycles. The number of hydrogen-bond donors (Lipinski definition) is 1. The second kappa shape index (κ2) is 7.47. The molecule has 0 spiro atoms. The largest absolute Gasteiger partial charge is 0.543 e. The van der Waals surface area contributed by atoms with Gasteiger partial charge in [0.05, 0.1) is 6.54 Å². The summed E-state index contributed by atoms with van der Waals surface area (Å²) in [5.41, 5.74) is 5.09. The fourth-order valence-corrected chi connectivity index (χ4v) is 10.6. The summed E-state index contributed by atoms with van der Waals surface area (Å²) in [6.45, 7) is 14.8. The van der Waals surface area contributed by atoms with Gasteiger partial charge in [-0.1, -0.05) is 41.5 Å². The number of carbonyl (C=O) groups is 1. The van der Waals surface area contributed by atoms with Crippen molar-refractivity contribution >= 4 is 25.3 Å². The lowest BCUT2D eigenvalue weighted by atomic mass is 10.0. The van der Waals surface area contributed by atoms with Crippen LogP contribution in [0.5, 0.6) is 5.75 Å². The van der Waals surface area contributed by atoms with Crippen molar-refractivity contribution in [2.24, 2.45) is 7.05 Å². The molecule has 1 aromatic carbocycles. The van der Waals surface area contributed by atoms with Gasteiger partial charge >= 0.3 is 6.09 Å². The van der Waals surface area contributed by atoms with Crippen LogP contribution in [0.25, 0.3) is 10.9 Å². The fourth-order valence-electron chi connectivity index (χ4n) is 5.32. The van der Waals surface area contributed by atoms with Crippen LogP contribution in [0.1, 0.15) is 52.8 Å². The molecule has 0 bridgehead atoms. The molecule has 2 aromatic rings. The Labute approximate surface area is 169 Å². The van der Waals surface area contributed by atoms with E-state index in [1.807, 2.05) is 7.05 Å². The van der Waals surface area contributed by atoms with Crippen LogP contribution in [0, 0.1) is 0 Å². The van der Waals surface area contributed by atoms with Crippen molar-refractivity contribution in [1.29, 1.82) is 0 Å².